The monoisotopic (exact) mass is 333 g/mol. The summed E-state index contributed by atoms with van der Waals surface area (Å²) >= 11 is 0. The van der Waals surface area contributed by atoms with E-state index in [9.17, 15) is 36.3 Å². The molecule has 1 rings (SSSR count). The van der Waals surface area contributed by atoms with Crippen LogP contribution in [-0.2, 0) is 0 Å². The second-order valence-electron chi connectivity index (χ2n) is 3.82. The van der Waals surface area contributed by atoms with E-state index in [1.807, 2.05) is 0 Å². The SMILES string of the molecule is O=C(NC(C(F)(F)F)C(F)(F)F)Oc1ccc(N([O-])O)cc1. The summed E-state index contributed by atoms with van der Waals surface area (Å²) in [6.45, 7) is 0. The highest BCUT2D eigenvalue weighted by Gasteiger charge is 2.57. The summed E-state index contributed by atoms with van der Waals surface area (Å²) in [7, 11) is 0. The molecule has 6 nitrogen and oxygen atoms in total. The van der Waals surface area contributed by atoms with Crippen molar-refractivity contribution in [2.24, 2.45) is 0 Å². The van der Waals surface area contributed by atoms with Crippen LogP contribution in [-0.4, -0.2) is 29.7 Å². The summed E-state index contributed by atoms with van der Waals surface area (Å²) in [6.07, 6.45) is -13.5. The Morgan fingerprint density at radius 3 is 1.95 bits per heavy atom. The quantitative estimate of drug-likeness (QED) is 0.656. The van der Waals surface area contributed by atoms with Gasteiger partial charge >= 0.3 is 18.4 Å². The number of nitrogens with zero attached hydrogens (tertiary/aromatic N) is 1. The van der Waals surface area contributed by atoms with Crippen LogP contribution >= 0.6 is 0 Å². The number of hydrogen-bond donors (Lipinski definition) is 2. The highest BCUT2D eigenvalue weighted by atomic mass is 19.4. The number of halogens is 6. The van der Waals surface area contributed by atoms with E-state index in [1.54, 1.807) is 0 Å². The Balaban J connectivity index is 2.76. The van der Waals surface area contributed by atoms with Gasteiger partial charge in [-0.1, -0.05) is 0 Å². The van der Waals surface area contributed by atoms with Gasteiger partial charge in [-0.15, -0.1) is 0 Å². The van der Waals surface area contributed by atoms with Crippen molar-refractivity contribution >= 4 is 11.8 Å². The van der Waals surface area contributed by atoms with Crippen molar-refractivity contribution in [2.45, 2.75) is 18.4 Å². The van der Waals surface area contributed by atoms with E-state index in [0.29, 0.717) is 5.32 Å². The van der Waals surface area contributed by atoms with Crippen molar-refractivity contribution in [1.82, 2.24) is 5.32 Å². The lowest BCUT2D eigenvalue weighted by Gasteiger charge is -2.23. The fourth-order valence-electron chi connectivity index (χ4n) is 1.25. The molecule has 0 atom stereocenters. The van der Waals surface area contributed by atoms with Crippen LogP contribution in [0.25, 0.3) is 0 Å². The van der Waals surface area contributed by atoms with Gasteiger partial charge < -0.3 is 20.5 Å². The van der Waals surface area contributed by atoms with E-state index >= 15 is 0 Å². The largest absolute Gasteiger partial charge is 0.733 e. The lowest BCUT2D eigenvalue weighted by molar-refractivity contribution is -0.255. The maximum Gasteiger partial charge on any atom is 0.417 e. The van der Waals surface area contributed by atoms with Crippen molar-refractivity contribution < 1.29 is 41.1 Å². The van der Waals surface area contributed by atoms with Crippen LogP contribution in [0.3, 0.4) is 0 Å². The van der Waals surface area contributed by atoms with Gasteiger partial charge in [-0.3, -0.25) is 5.21 Å². The average Bonchev–Trinajstić information content (AvgIpc) is 2.34. The fraction of sp³-hybridized carbons (Fsp3) is 0.300. The molecular formula is C10H7F6N2O4-. The number of rotatable bonds is 3. The van der Waals surface area contributed by atoms with Gasteiger partial charge in [0.15, 0.2) is 0 Å². The molecule has 1 aromatic rings. The van der Waals surface area contributed by atoms with E-state index in [4.69, 9.17) is 5.21 Å². The molecule has 0 fully saturated rings. The Bertz CT molecular complexity index is 500. The summed E-state index contributed by atoms with van der Waals surface area (Å²) in [5.41, 5.74) is -0.295. The summed E-state index contributed by atoms with van der Waals surface area (Å²) in [5.74, 6) is -0.439. The first-order valence-electron chi connectivity index (χ1n) is 5.29. The summed E-state index contributed by atoms with van der Waals surface area (Å²) < 4.78 is 77.4. The van der Waals surface area contributed by atoms with Crippen molar-refractivity contribution in [2.75, 3.05) is 5.23 Å². The highest BCUT2D eigenvalue weighted by molar-refractivity contribution is 5.71. The Hall–Kier alpha value is -2.21. The van der Waals surface area contributed by atoms with Crippen molar-refractivity contribution in [3.63, 3.8) is 0 Å². The zero-order valence-electron chi connectivity index (χ0n) is 10.3. The number of hydrogen-bond acceptors (Lipinski definition) is 5. The van der Waals surface area contributed by atoms with Crippen molar-refractivity contribution in [3.8, 4) is 5.75 Å². The summed E-state index contributed by atoms with van der Waals surface area (Å²) in [4.78, 5) is 11.1. The van der Waals surface area contributed by atoms with Gasteiger partial charge in [-0.25, -0.2) is 4.79 Å². The van der Waals surface area contributed by atoms with Crippen LogP contribution in [0.5, 0.6) is 5.75 Å². The molecule has 0 aliphatic carbocycles. The zero-order chi connectivity index (χ0) is 17.1. The molecule has 0 radical (unpaired) electrons. The van der Waals surface area contributed by atoms with Crippen LogP contribution in [0.1, 0.15) is 0 Å². The van der Waals surface area contributed by atoms with Crippen LogP contribution in [0.2, 0.25) is 0 Å². The topological polar surface area (TPSA) is 84.9 Å². The number of anilines is 1. The molecule has 2 N–H and O–H groups in total. The molecule has 0 unspecified atom stereocenters. The number of amides is 1. The number of nitrogens with one attached hydrogen (secondary N) is 1. The molecule has 12 heteroatoms. The fourth-order valence-corrected chi connectivity index (χ4v) is 1.25. The third-order valence-corrected chi connectivity index (χ3v) is 2.18. The van der Waals surface area contributed by atoms with E-state index in [2.05, 4.69) is 4.74 Å². The van der Waals surface area contributed by atoms with Crippen LogP contribution in [0, 0.1) is 5.21 Å². The van der Waals surface area contributed by atoms with Gasteiger partial charge in [0.2, 0.25) is 6.04 Å². The summed E-state index contributed by atoms with van der Waals surface area (Å²) in [6, 6.07) is -0.485. The molecule has 1 aromatic carbocycles. The Morgan fingerprint density at radius 1 is 1.14 bits per heavy atom. The van der Waals surface area contributed by atoms with Gasteiger partial charge in [0.05, 0.1) is 5.69 Å². The molecule has 0 saturated carbocycles. The molecule has 0 spiro atoms. The van der Waals surface area contributed by atoms with E-state index in [1.165, 1.54) is 0 Å². The first-order valence-corrected chi connectivity index (χ1v) is 5.29. The molecule has 1 amide bonds. The lowest BCUT2D eigenvalue weighted by Crippen LogP contribution is -2.55. The van der Waals surface area contributed by atoms with Gasteiger partial charge in [0.1, 0.15) is 5.75 Å². The molecule has 22 heavy (non-hydrogen) atoms. The Morgan fingerprint density at radius 2 is 1.59 bits per heavy atom. The first kappa shape index (κ1) is 17.8. The zero-order valence-corrected chi connectivity index (χ0v) is 10.3. The number of alkyl halides is 6. The molecule has 0 saturated heterocycles. The first-order chi connectivity index (χ1) is 9.91. The Labute approximate surface area is 118 Å². The minimum Gasteiger partial charge on any atom is -0.733 e. The third-order valence-electron chi connectivity index (χ3n) is 2.18. The van der Waals surface area contributed by atoms with Crippen molar-refractivity contribution in [3.05, 3.63) is 29.5 Å². The molecule has 0 aliphatic heterocycles. The van der Waals surface area contributed by atoms with Crippen molar-refractivity contribution in [1.29, 1.82) is 0 Å². The molecule has 0 heterocycles. The standard InChI is InChI=1S/C10H7F6N2O4/c11-9(12,13)7(10(14,15)16)17-8(19)22-6-3-1-5(2-4-6)18(20)21/h1-4,7,20H,(H,17,19)/q-1. The number of carbonyl (C=O) groups is 1. The van der Waals surface area contributed by atoms with Crippen LogP contribution in [0.4, 0.5) is 36.8 Å². The van der Waals surface area contributed by atoms with Gasteiger partial charge in [-0.2, -0.15) is 26.3 Å². The predicted molar refractivity (Wildman–Crippen MR) is 59.1 cm³/mol. The number of ether oxygens (including phenoxy) is 1. The minimum absolute atomic E-state index is 0.295. The van der Waals surface area contributed by atoms with Crippen LogP contribution in [0.15, 0.2) is 24.3 Å². The van der Waals surface area contributed by atoms with Gasteiger partial charge in [-0.05, 0) is 24.3 Å². The number of carbonyl (C=O) groups excluding carboxylic acids is 1. The summed E-state index contributed by atoms with van der Waals surface area (Å²) in [5, 5.41) is 19.1. The van der Waals surface area contributed by atoms with Gasteiger partial charge in [0, 0.05) is 0 Å². The number of benzene rings is 1. The normalized spacial score (nSPS) is 12.2. The molecule has 0 aliphatic rings. The molecule has 0 bridgehead atoms. The van der Waals surface area contributed by atoms with E-state index in [0.717, 1.165) is 24.3 Å². The third kappa shape index (κ3) is 4.96. The molecule has 0 aromatic heterocycles. The highest BCUT2D eigenvalue weighted by Crippen LogP contribution is 2.33. The minimum atomic E-state index is -5.75. The Kier molecular flexibility index (Phi) is 5.09. The predicted octanol–water partition coefficient (Wildman–Crippen LogP) is 2.96. The lowest BCUT2D eigenvalue weighted by atomic mass is 10.3. The second kappa shape index (κ2) is 6.27. The smallest absolute Gasteiger partial charge is 0.417 e. The van der Waals surface area contributed by atoms with E-state index < -0.39 is 35.5 Å². The maximum absolute atomic E-state index is 12.2. The average molecular weight is 333 g/mol. The van der Waals surface area contributed by atoms with Crippen LogP contribution < -0.4 is 15.3 Å². The second-order valence-corrected chi connectivity index (χ2v) is 3.82. The van der Waals surface area contributed by atoms with E-state index in [-0.39, 0.29) is 5.69 Å². The molecular weight excluding hydrogens is 326 g/mol. The van der Waals surface area contributed by atoms with Gasteiger partial charge in [0.25, 0.3) is 0 Å². The maximum atomic E-state index is 12.2. The molecule has 124 valence electrons.